The Labute approximate surface area is 161 Å². The van der Waals surface area contributed by atoms with E-state index in [4.69, 9.17) is 9.72 Å². The molecule has 1 unspecified atom stereocenters. The van der Waals surface area contributed by atoms with Crippen LogP contribution in [0.15, 0.2) is 29.1 Å². The molecule has 0 radical (unpaired) electrons. The van der Waals surface area contributed by atoms with Crippen LogP contribution in [0.3, 0.4) is 0 Å². The van der Waals surface area contributed by atoms with E-state index in [2.05, 4.69) is 0 Å². The van der Waals surface area contributed by atoms with Gasteiger partial charge in [-0.2, -0.15) is 0 Å². The van der Waals surface area contributed by atoms with Gasteiger partial charge in [0.05, 0.1) is 12.5 Å². The molecule has 4 rings (SSSR count). The number of hydrogen-bond donors (Lipinski definition) is 0. The average molecular weight is 382 g/mol. The van der Waals surface area contributed by atoms with Crippen LogP contribution in [0.5, 0.6) is 0 Å². The van der Waals surface area contributed by atoms with Gasteiger partial charge in [-0.1, -0.05) is 23.8 Å². The van der Waals surface area contributed by atoms with Gasteiger partial charge in [0.2, 0.25) is 0 Å². The Balaban J connectivity index is 2.06. The molecule has 140 valence electrons. The lowest BCUT2D eigenvalue weighted by Gasteiger charge is -2.18. The van der Waals surface area contributed by atoms with Gasteiger partial charge in [0.1, 0.15) is 16.7 Å². The number of esters is 1. The molecule has 2 heterocycles. The number of methoxy groups -OCH3 is 1. The molecule has 0 N–H and O–H groups in total. The molecule has 2 aromatic heterocycles. The third-order valence-corrected chi connectivity index (χ3v) is 6.41. The van der Waals surface area contributed by atoms with Gasteiger partial charge in [0, 0.05) is 10.4 Å². The number of nitrogens with zero attached hydrogens (tertiary/aromatic N) is 2. The van der Waals surface area contributed by atoms with E-state index in [1.807, 2.05) is 31.2 Å². The molecule has 6 heteroatoms. The van der Waals surface area contributed by atoms with E-state index in [9.17, 15) is 9.59 Å². The molecule has 0 fully saturated rings. The number of carbonyl (C=O) groups is 1. The molecule has 0 saturated heterocycles. The van der Waals surface area contributed by atoms with Crippen molar-refractivity contribution in [2.75, 3.05) is 7.11 Å². The second kappa shape index (κ2) is 6.93. The lowest BCUT2D eigenvalue weighted by molar-refractivity contribution is -0.144. The first kappa shape index (κ1) is 17.9. The van der Waals surface area contributed by atoms with E-state index in [0.717, 1.165) is 47.2 Å². The number of aryl methyl sites for hydroxylation is 3. The molecule has 1 aliphatic rings. The molecule has 0 saturated carbocycles. The van der Waals surface area contributed by atoms with Crippen molar-refractivity contribution in [1.29, 1.82) is 0 Å². The predicted molar refractivity (Wildman–Crippen MR) is 107 cm³/mol. The lowest BCUT2D eigenvalue weighted by atomic mass is 9.97. The quantitative estimate of drug-likeness (QED) is 0.641. The summed E-state index contributed by atoms with van der Waals surface area (Å²) < 4.78 is 6.42. The second-order valence-electron chi connectivity index (χ2n) is 7.07. The molecule has 27 heavy (non-hydrogen) atoms. The second-order valence-corrected chi connectivity index (χ2v) is 8.15. The van der Waals surface area contributed by atoms with E-state index >= 15 is 0 Å². The minimum atomic E-state index is -0.742. The fraction of sp³-hybridized carbons (Fsp3) is 0.381. The van der Waals surface area contributed by atoms with Gasteiger partial charge in [0.25, 0.3) is 5.56 Å². The molecule has 5 nitrogen and oxygen atoms in total. The van der Waals surface area contributed by atoms with Crippen LogP contribution in [0.1, 0.15) is 41.8 Å². The van der Waals surface area contributed by atoms with Gasteiger partial charge >= 0.3 is 5.97 Å². The number of hydrogen-bond acceptors (Lipinski definition) is 5. The maximum atomic E-state index is 13.5. The number of fused-ring (bicyclic) bond motifs is 3. The van der Waals surface area contributed by atoms with Crippen molar-refractivity contribution in [3.8, 4) is 11.4 Å². The summed E-state index contributed by atoms with van der Waals surface area (Å²) in [4.78, 5) is 32.7. The van der Waals surface area contributed by atoms with Gasteiger partial charge in [-0.15, -0.1) is 11.3 Å². The Morgan fingerprint density at radius 2 is 2.07 bits per heavy atom. The van der Waals surface area contributed by atoms with Crippen LogP contribution in [-0.2, 0) is 22.4 Å². The van der Waals surface area contributed by atoms with Crippen molar-refractivity contribution in [3.63, 3.8) is 0 Å². The van der Waals surface area contributed by atoms with Gasteiger partial charge < -0.3 is 4.74 Å². The zero-order valence-corrected chi connectivity index (χ0v) is 16.6. The zero-order valence-electron chi connectivity index (χ0n) is 15.7. The number of carbonyl (C=O) groups excluding carboxylic acids is 1. The topological polar surface area (TPSA) is 61.2 Å². The molecule has 0 amide bonds. The summed E-state index contributed by atoms with van der Waals surface area (Å²) in [5, 5.41) is 0.682. The van der Waals surface area contributed by atoms with Gasteiger partial charge in [-0.05, 0) is 51.2 Å². The predicted octanol–water partition coefficient (Wildman–Crippen LogP) is 4.05. The van der Waals surface area contributed by atoms with E-state index < -0.39 is 12.0 Å². The molecule has 1 aromatic carbocycles. The summed E-state index contributed by atoms with van der Waals surface area (Å²) in [6.45, 7) is 3.69. The van der Waals surface area contributed by atoms with Crippen LogP contribution in [0.2, 0.25) is 0 Å². The highest BCUT2D eigenvalue weighted by molar-refractivity contribution is 7.18. The smallest absolute Gasteiger partial charge is 0.328 e. The first-order chi connectivity index (χ1) is 13.0. The van der Waals surface area contributed by atoms with Crippen molar-refractivity contribution in [2.45, 2.75) is 45.6 Å². The van der Waals surface area contributed by atoms with Crippen molar-refractivity contribution in [3.05, 3.63) is 50.6 Å². The summed E-state index contributed by atoms with van der Waals surface area (Å²) in [5.74, 6) is 0.0731. The van der Waals surface area contributed by atoms with Crippen LogP contribution < -0.4 is 5.56 Å². The third kappa shape index (κ3) is 2.98. The molecule has 0 bridgehead atoms. The van der Waals surface area contributed by atoms with Crippen LogP contribution in [0.25, 0.3) is 21.6 Å². The van der Waals surface area contributed by atoms with Crippen LogP contribution in [0, 0.1) is 6.92 Å². The first-order valence-corrected chi connectivity index (χ1v) is 10.0. The van der Waals surface area contributed by atoms with Gasteiger partial charge in [-0.3, -0.25) is 9.36 Å². The van der Waals surface area contributed by atoms with E-state index in [-0.39, 0.29) is 5.56 Å². The molecule has 0 spiro atoms. The summed E-state index contributed by atoms with van der Waals surface area (Å²) in [6.07, 6.45) is 4.15. The Kier molecular flexibility index (Phi) is 4.60. The Bertz CT molecular complexity index is 1100. The summed E-state index contributed by atoms with van der Waals surface area (Å²) in [6, 6.07) is 7.11. The molecular weight excluding hydrogens is 360 g/mol. The number of thiophene rings is 1. The molecular formula is C21H22N2O3S. The number of rotatable bonds is 3. The largest absolute Gasteiger partial charge is 0.467 e. The number of ether oxygens (including phenoxy) is 1. The monoisotopic (exact) mass is 382 g/mol. The number of aromatic nitrogens is 2. The number of benzene rings is 1. The molecule has 1 aliphatic carbocycles. The molecule has 1 atom stereocenters. The van der Waals surface area contributed by atoms with Crippen LogP contribution in [-0.4, -0.2) is 22.6 Å². The standard InChI is InChI=1S/C21H22N2O3S/c1-12-7-6-8-14(11-12)18-22-19-17(15-9-4-5-10-16(15)27-19)20(24)23(18)13(2)21(25)26-3/h6-8,11,13H,4-5,9-10H2,1-3H3. The fourth-order valence-electron chi connectivity index (χ4n) is 3.84. The highest BCUT2D eigenvalue weighted by atomic mass is 32.1. The fourth-order valence-corrected chi connectivity index (χ4v) is 5.09. The summed E-state index contributed by atoms with van der Waals surface area (Å²) >= 11 is 1.62. The average Bonchev–Trinajstić information content (AvgIpc) is 3.05. The SMILES string of the molecule is COC(=O)C(C)n1c(-c2cccc(C)c2)nc2sc3c(c2c1=O)CCCC3. The summed E-state index contributed by atoms with van der Waals surface area (Å²) in [7, 11) is 1.34. The van der Waals surface area contributed by atoms with Crippen LogP contribution >= 0.6 is 11.3 Å². The minimum absolute atomic E-state index is 0.145. The molecule has 3 aromatic rings. The maximum absolute atomic E-state index is 13.5. The Morgan fingerprint density at radius 1 is 1.30 bits per heavy atom. The van der Waals surface area contributed by atoms with E-state index in [1.54, 1.807) is 18.3 Å². The van der Waals surface area contributed by atoms with Gasteiger partial charge in [0.15, 0.2) is 0 Å². The van der Waals surface area contributed by atoms with Crippen molar-refractivity contribution in [1.82, 2.24) is 9.55 Å². The maximum Gasteiger partial charge on any atom is 0.328 e. The zero-order chi connectivity index (χ0) is 19.1. The normalized spacial score (nSPS) is 14.8. The van der Waals surface area contributed by atoms with Crippen molar-refractivity contribution in [2.24, 2.45) is 0 Å². The highest BCUT2D eigenvalue weighted by Gasteiger charge is 2.27. The third-order valence-electron chi connectivity index (χ3n) is 5.23. The van der Waals surface area contributed by atoms with Crippen molar-refractivity contribution < 1.29 is 9.53 Å². The Hall–Kier alpha value is -2.47. The minimum Gasteiger partial charge on any atom is -0.467 e. The van der Waals surface area contributed by atoms with E-state index in [0.29, 0.717) is 11.2 Å². The van der Waals surface area contributed by atoms with Gasteiger partial charge in [-0.25, -0.2) is 9.78 Å². The van der Waals surface area contributed by atoms with Crippen LogP contribution in [0.4, 0.5) is 0 Å². The lowest BCUT2D eigenvalue weighted by Crippen LogP contribution is -2.31. The van der Waals surface area contributed by atoms with E-state index in [1.165, 1.54) is 16.6 Å². The highest BCUT2D eigenvalue weighted by Crippen LogP contribution is 2.35. The first-order valence-electron chi connectivity index (χ1n) is 9.23. The molecule has 0 aliphatic heterocycles. The summed E-state index contributed by atoms with van der Waals surface area (Å²) in [5.41, 5.74) is 2.88. The van der Waals surface area contributed by atoms with Crippen molar-refractivity contribution >= 4 is 27.5 Å². The Morgan fingerprint density at radius 3 is 2.81 bits per heavy atom.